The van der Waals surface area contributed by atoms with E-state index >= 15 is 0 Å². The van der Waals surface area contributed by atoms with E-state index in [9.17, 15) is 0 Å². The maximum absolute atomic E-state index is 5.91. The van der Waals surface area contributed by atoms with Crippen molar-refractivity contribution in [2.24, 2.45) is 4.99 Å². The van der Waals surface area contributed by atoms with Crippen LogP contribution in [0.5, 0.6) is 11.5 Å². The van der Waals surface area contributed by atoms with Gasteiger partial charge in [-0.1, -0.05) is 5.16 Å². The molecule has 0 saturated carbocycles. The number of aliphatic imine (C=N–C) groups is 1. The van der Waals surface area contributed by atoms with Crippen LogP contribution in [0.1, 0.15) is 48.9 Å². The highest BCUT2D eigenvalue weighted by Gasteiger charge is 2.21. The fourth-order valence-electron chi connectivity index (χ4n) is 3.57. The molecule has 0 spiro atoms. The molecule has 3 rings (SSSR count). The Balaban J connectivity index is 1.68. The molecule has 29 heavy (non-hydrogen) atoms. The Morgan fingerprint density at radius 1 is 1.28 bits per heavy atom. The first kappa shape index (κ1) is 21.0. The molecular weight excluding hydrogens is 368 g/mol. The summed E-state index contributed by atoms with van der Waals surface area (Å²) in [6.45, 7) is 12.7. The van der Waals surface area contributed by atoms with Crippen molar-refractivity contribution in [1.82, 2.24) is 15.8 Å². The van der Waals surface area contributed by atoms with Crippen LogP contribution in [-0.4, -0.2) is 36.9 Å². The second-order valence-corrected chi connectivity index (χ2v) is 7.31. The summed E-state index contributed by atoms with van der Waals surface area (Å²) < 4.78 is 17.0. The number of nitrogens with one attached hydrogen (secondary N) is 2. The average molecular weight is 401 g/mol. The van der Waals surface area contributed by atoms with E-state index in [1.807, 2.05) is 20.8 Å². The van der Waals surface area contributed by atoms with Crippen LogP contribution >= 0.6 is 0 Å². The van der Waals surface area contributed by atoms with Crippen molar-refractivity contribution in [3.8, 4) is 11.5 Å². The second-order valence-electron chi connectivity index (χ2n) is 7.31. The lowest BCUT2D eigenvalue weighted by atomic mass is 10.1. The third kappa shape index (κ3) is 5.22. The smallest absolute Gasteiger partial charge is 0.191 e. The Kier molecular flexibility index (Phi) is 7.01. The first-order valence-corrected chi connectivity index (χ1v) is 10.4. The predicted molar refractivity (Wildman–Crippen MR) is 114 cm³/mol. The quantitative estimate of drug-likeness (QED) is 0.523. The SMILES string of the molecule is CCNC(=NCc1cc2c(cc1OCC)CC(C)O2)NCCc1c(C)noc1C. The highest BCUT2D eigenvalue weighted by atomic mass is 16.5. The minimum atomic E-state index is 0.210. The lowest BCUT2D eigenvalue weighted by Gasteiger charge is -2.14. The molecule has 7 nitrogen and oxygen atoms in total. The van der Waals surface area contributed by atoms with Crippen LogP contribution in [0.3, 0.4) is 0 Å². The third-order valence-electron chi connectivity index (χ3n) is 4.98. The number of benzene rings is 1. The van der Waals surface area contributed by atoms with Crippen molar-refractivity contribution < 1.29 is 14.0 Å². The van der Waals surface area contributed by atoms with Crippen LogP contribution < -0.4 is 20.1 Å². The van der Waals surface area contributed by atoms with E-state index < -0.39 is 0 Å². The van der Waals surface area contributed by atoms with Crippen molar-refractivity contribution in [2.75, 3.05) is 19.7 Å². The van der Waals surface area contributed by atoms with Crippen LogP contribution in [-0.2, 0) is 19.4 Å². The number of guanidine groups is 1. The molecule has 1 aromatic heterocycles. The largest absolute Gasteiger partial charge is 0.494 e. The fraction of sp³-hybridized carbons (Fsp3) is 0.545. The molecule has 0 radical (unpaired) electrons. The van der Waals surface area contributed by atoms with Crippen LogP contribution in [0.2, 0.25) is 0 Å². The Hall–Kier alpha value is -2.70. The number of hydrogen-bond acceptors (Lipinski definition) is 5. The Labute approximate surface area is 172 Å². The van der Waals surface area contributed by atoms with Gasteiger partial charge in [0.1, 0.15) is 23.4 Å². The van der Waals surface area contributed by atoms with E-state index in [2.05, 4.69) is 41.8 Å². The van der Waals surface area contributed by atoms with E-state index in [1.54, 1.807) is 0 Å². The second kappa shape index (κ2) is 9.67. The Bertz CT molecular complexity index is 840. The molecule has 2 heterocycles. The zero-order valence-electron chi connectivity index (χ0n) is 18.1. The lowest BCUT2D eigenvalue weighted by Crippen LogP contribution is -2.38. The number of hydrogen-bond donors (Lipinski definition) is 2. The van der Waals surface area contributed by atoms with Crippen LogP contribution in [0, 0.1) is 13.8 Å². The van der Waals surface area contributed by atoms with Gasteiger partial charge in [-0.2, -0.15) is 0 Å². The Morgan fingerprint density at radius 2 is 2.10 bits per heavy atom. The summed E-state index contributed by atoms with van der Waals surface area (Å²) in [5.41, 5.74) is 4.33. The molecule has 0 amide bonds. The molecular formula is C22H32N4O3. The van der Waals surface area contributed by atoms with Crippen molar-refractivity contribution in [1.29, 1.82) is 0 Å². The zero-order chi connectivity index (χ0) is 20.8. The van der Waals surface area contributed by atoms with Gasteiger partial charge in [0.05, 0.1) is 18.8 Å². The minimum Gasteiger partial charge on any atom is -0.494 e. The first-order chi connectivity index (χ1) is 14.0. The summed E-state index contributed by atoms with van der Waals surface area (Å²) in [4.78, 5) is 4.75. The van der Waals surface area contributed by atoms with Gasteiger partial charge >= 0.3 is 0 Å². The topological polar surface area (TPSA) is 80.9 Å². The van der Waals surface area contributed by atoms with E-state index in [0.717, 1.165) is 66.0 Å². The summed E-state index contributed by atoms with van der Waals surface area (Å²) in [6, 6.07) is 4.17. The molecule has 0 fully saturated rings. The summed E-state index contributed by atoms with van der Waals surface area (Å²) in [5.74, 6) is 3.48. The predicted octanol–water partition coefficient (Wildman–Crippen LogP) is 3.31. The van der Waals surface area contributed by atoms with E-state index in [4.69, 9.17) is 19.0 Å². The standard InChI is InChI=1S/C22H32N4O3/c1-6-23-22(24-9-8-19-15(4)26-29-16(19)5)25-13-18-12-21-17(10-14(3)28-21)11-20(18)27-7-2/h11-12,14H,6-10,13H2,1-5H3,(H2,23,24,25). The monoisotopic (exact) mass is 400 g/mol. The van der Waals surface area contributed by atoms with Crippen molar-refractivity contribution >= 4 is 5.96 Å². The normalized spacial score (nSPS) is 15.8. The minimum absolute atomic E-state index is 0.210. The first-order valence-electron chi connectivity index (χ1n) is 10.4. The van der Waals surface area contributed by atoms with Crippen molar-refractivity contribution in [3.05, 3.63) is 40.3 Å². The molecule has 2 aromatic rings. The van der Waals surface area contributed by atoms with Gasteiger partial charge in [0.2, 0.25) is 0 Å². The summed E-state index contributed by atoms with van der Waals surface area (Å²) >= 11 is 0. The highest BCUT2D eigenvalue weighted by Crippen LogP contribution is 2.35. The zero-order valence-corrected chi connectivity index (χ0v) is 18.1. The van der Waals surface area contributed by atoms with Gasteiger partial charge < -0.3 is 24.6 Å². The summed E-state index contributed by atoms with van der Waals surface area (Å²) in [5, 5.41) is 10.7. The number of fused-ring (bicyclic) bond motifs is 1. The highest BCUT2D eigenvalue weighted by molar-refractivity contribution is 5.79. The molecule has 0 saturated heterocycles. The molecule has 1 aliphatic rings. The molecule has 158 valence electrons. The number of nitrogens with zero attached hydrogens (tertiary/aromatic N) is 2. The maximum Gasteiger partial charge on any atom is 0.191 e. The maximum atomic E-state index is 5.91. The molecule has 2 N–H and O–H groups in total. The van der Waals surface area contributed by atoms with Crippen LogP contribution in [0.25, 0.3) is 0 Å². The molecule has 1 unspecified atom stereocenters. The summed E-state index contributed by atoms with van der Waals surface area (Å²) in [7, 11) is 0. The number of aromatic nitrogens is 1. The van der Waals surface area contributed by atoms with Gasteiger partial charge in [-0.15, -0.1) is 0 Å². The van der Waals surface area contributed by atoms with Crippen molar-refractivity contribution in [3.63, 3.8) is 0 Å². The molecule has 1 aromatic carbocycles. The van der Waals surface area contributed by atoms with Crippen molar-refractivity contribution in [2.45, 2.75) is 60.1 Å². The average Bonchev–Trinajstić information content (AvgIpc) is 3.21. The fourth-order valence-corrected chi connectivity index (χ4v) is 3.57. The molecule has 0 bridgehead atoms. The van der Waals surface area contributed by atoms with Gasteiger partial charge in [0.25, 0.3) is 0 Å². The van der Waals surface area contributed by atoms with E-state index in [1.165, 1.54) is 5.56 Å². The van der Waals surface area contributed by atoms with Gasteiger partial charge in [-0.05, 0) is 53.2 Å². The number of rotatable bonds is 8. The van der Waals surface area contributed by atoms with Crippen LogP contribution in [0.4, 0.5) is 0 Å². The van der Waals surface area contributed by atoms with E-state index in [-0.39, 0.29) is 6.10 Å². The van der Waals surface area contributed by atoms with Gasteiger partial charge in [0, 0.05) is 36.2 Å². The summed E-state index contributed by atoms with van der Waals surface area (Å²) in [6.07, 6.45) is 1.96. The molecule has 1 atom stereocenters. The molecule has 1 aliphatic heterocycles. The van der Waals surface area contributed by atoms with Gasteiger partial charge in [0.15, 0.2) is 5.96 Å². The molecule has 7 heteroatoms. The Morgan fingerprint density at radius 3 is 2.79 bits per heavy atom. The molecule has 0 aliphatic carbocycles. The van der Waals surface area contributed by atoms with Gasteiger partial charge in [-0.3, -0.25) is 0 Å². The van der Waals surface area contributed by atoms with Crippen LogP contribution in [0.15, 0.2) is 21.6 Å². The third-order valence-corrected chi connectivity index (χ3v) is 4.98. The lowest BCUT2D eigenvalue weighted by molar-refractivity contribution is 0.254. The number of ether oxygens (including phenoxy) is 2. The van der Waals surface area contributed by atoms with Gasteiger partial charge in [-0.25, -0.2) is 4.99 Å². The van der Waals surface area contributed by atoms with E-state index in [0.29, 0.717) is 13.2 Å². The number of aryl methyl sites for hydroxylation is 2.